The van der Waals surface area contributed by atoms with Gasteiger partial charge in [-0.25, -0.2) is 18.4 Å². The van der Waals surface area contributed by atoms with Gasteiger partial charge in [-0.2, -0.15) is 4.31 Å². The average Bonchev–Trinajstić information content (AvgIpc) is 2.88. The highest BCUT2D eigenvalue weighted by atomic mass is 32.2. The van der Waals surface area contributed by atoms with Crippen LogP contribution in [0.1, 0.15) is 48.7 Å². The number of piperidine rings is 1. The van der Waals surface area contributed by atoms with Crippen molar-refractivity contribution in [3.63, 3.8) is 0 Å². The minimum atomic E-state index is -3.33. The van der Waals surface area contributed by atoms with Gasteiger partial charge in [-0.15, -0.1) is 0 Å². The van der Waals surface area contributed by atoms with E-state index in [4.69, 9.17) is 4.74 Å². The molecule has 0 unspecified atom stereocenters. The lowest BCUT2D eigenvalue weighted by molar-refractivity contribution is -0.00749. The first-order valence-corrected chi connectivity index (χ1v) is 12.9. The van der Waals surface area contributed by atoms with Crippen molar-refractivity contribution >= 4 is 10.0 Å². The molecule has 0 N–H and O–H groups in total. The van der Waals surface area contributed by atoms with Gasteiger partial charge in [-0.1, -0.05) is 24.6 Å². The van der Waals surface area contributed by atoms with E-state index in [1.54, 1.807) is 4.31 Å². The van der Waals surface area contributed by atoms with Gasteiger partial charge < -0.3 is 4.74 Å². The molecule has 1 saturated heterocycles. The Labute approximate surface area is 185 Å². The minimum Gasteiger partial charge on any atom is -0.485 e. The zero-order valence-electron chi connectivity index (χ0n) is 18.7. The fourth-order valence-electron chi connectivity index (χ4n) is 4.45. The lowest BCUT2D eigenvalue weighted by atomic mass is 9.90. The smallest absolute Gasteiger partial charge is 0.211 e. The summed E-state index contributed by atoms with van der Waals surface area (Å²) >= 11 is 0. The molecule has 1 aromatic heterocycles. The van der Waals surface area contributed by atoms with E-state index in [1.165, 1.54) is 6.26 Å². The Morgan fingerprint density at radius 3 is 2.52 bits per heavy atom. The summed E-state index contributed by atoms with van der Waals surface area (Å²) in [5, 5.41) is 0. The molecule has 0 saturated carbocycles. The largest absolute Gasteiger partial charge is 0.485 e. The van der Waals surface area contributed by atoms with E-state index >= 15 is 0 Å². The van der Waals surface area contributed by atoms with Gasteiger partial charge in [0, 0.05) is 69.0 Å². The maximum Gasteiger partial charge on any atom is 0.211 e. The lowest BCUT2D eigenvalue weighted by Gasteiger charge is -2.42. The van der Waals surface area contributed by atoms with E-state index in [0.717, 1.165) is 73.6 Å². The van der Waals surface area contributed by atoms with Crippen molar-refractivity contribution in [2.24, 2.45) is 0 Å². The molecular formula is C23H32N4O3S. The second-order valence-corrected chi connectivity index (χ2v) is 10.9. The number of benzene rings is 1. The maximum atomic E-state index is 12.5. The summed E-state index contributed by atoms with van der Waals surface area (Å²) in [5.74, 6) is 1.70. The lowest BCUT2D eigenvalue weighted by Crippen LogP contribution is -2.53. The Morgan fingerprint density at radius 2 is 1.87 bits per heavy atom. The van der Waals surface area contributed by atoms with Crippen molar-refractivity contribution in [1.82, 2.24) is 19.2 Å². The van der Waals surface area contributed by atoms with Crippen molar-refractivity contribution in [2.45, 2.75) is 58.2 Å². The van der Waals surface area contributed by atoms with Crippen LogP contribution in [0.25, 0.3) is 0 Å². The fourth-order valence-corrected chi connectivity index (χ4v) is 5.29. The summed E-state index contributed by atoms with van der Waals surface area (Å²) in [6.45, 7) is 7.38. The second-order valence-electron chi connectivity index (χ2n) is 8.96. The Balaban J connectivity index is 1.48. The molecule has 0 aliphatic carbocycles. The summed E-state index contributed by atoms with van der Waals surface area (Å²) in [4.78, 5) is 11.3. The van der Waals surface area contributed by atoms with Gasteiger partial charge in [0.05, 0.1) is 12.8 Å². The standard InChI is InChI=1S/C23H32N4O3S/c1-4-5-22-24-13-19(14-25-22)15-26-10-8-23(9-11-26)17-27(31(3,28)29)16-20-12-18(2)6-7-21(20)30-23/h6-7,12-14H,4-5,8-11,15-17H2,1-3H3. The zero-order valence-corrected chi connectivity index (χ0v) is 19.5. The molecule has 4 rings (SSSR count). The summed E-state index contributed by atoms with van der Waals surface area (Å²) in [5.41, 5.74) is 2.65. The number of fused-ring (bicyclic) bond motifs is 1. The molecule has 3 heterocycles. The number of rotatable bonds is 5. The van der Waals surface area contributed by atoms with Crippen LogP contribution in [0, 0.1) is 6.92 Å². The highest BCUT2D eigenvalue weighted by Gasteiger charge is 2.42. The number of sulfonamides is 1. The number of nitrogens with zero attached hydrogens (tertiary/aromatic N) is 4. The molecule has 2 aromatic rings. The average molecular weight is 445 g/mol. The third-order valence-electron chi connectivity index (χ3n) is 6.23. The normalized spacial score (nSPS) is 19.6. The van der Waals surface area contributed by atoms with Crippen molar-refractivity contribution in [1.29, 1.82) is 0 Å². The number of hydrogen-bond acceptors (Lipinski definition) is 6. The third-order valence-corrected chi connectivity index (χ3v) is 7.42. The number of aromatic nitrogens is 2. The first-order valence-electron chi connectivity index (χ1n) is 11.0. The topological polar surface area (TPSA) is 75.6 Å². The van der Waals surface area contributed by atoms with E-state index in [0.29, 0.717) is 13.1 Å². The van der Waals surface area contributed by atoms with Crippen molar-refractivity contribution < 1.29 is 13.2 Å². The molecule has 1 fully saturated rings. The van der Waals surface area contributed by atoms with Crippen molar-refractivity contribution in [3.8, 4) is 5.75 Å². The molecular weight excluding hydrogens is 412 g/mol. The predicted octanol–water partition coefficient (Wildman–Crippen LogP) is 2.93. The molecule has 1 aromatic carbocycles. The SMILES string of the molecule is CCCc1ncc(CN2CCC3(CC2)CN(S(C)(=O)=O)Cc2cc(C)ccc2O3)cn1. The summed E-state index contributed by atoms with van der Waals surface area (Å²) in [6.07, 6.45) is 8.65. The molecule has 168 valence electrons. The van der Waals surface area contributed by atoms with E-state index in [2.05, 4.69) is 21.8 Å². The number of aryl methyl sites for hydroxylation is 2. The molecule has 2 aliphatic rings. The fraction of sp³-hybridized carbons (Fsp3) is 0.565. The van der Waals surface area contributed by atoms with Crippen LogP contribution in [-0.4, -0.2) is 59.1 Å². The minimum absolute atomic E-state index is 0.364. The number of hydrogen-bond donors (Lipinski definition) is 0. The van der Waals surface area contributed by atoms with Crippen LogP contribution in [0.3, 0.4) is 0 Å². The van der Waals surface area contributed by atoms with Crippen LogP contribution in [0.2, 0.25) is 0 Å². The Bertz CT molecular complexity index is 1020. The van der Waals surface area contributed by atoms with Crippen LogP contribution in [0.15, 0.2) is 30.6 Å². The van der Waals surface area contributed by atoms with Gasteiger partial charge in [0.2, 0.25) is 10.0 Å². The summed E-state index contributed by atoms with van der Waals surface area (Å²) in [7, 11) is -3.33. The molecule has 0 bridgehead atoms. The number of ether oxygens (including phenoxy) is 1. The van der Waals surface area contributed by atoms with E-state index in [9.17, 15) is 8.42 Å². The molecule has 8 heteroatoms. The van der Waals surface area contributed by atoms with Gasteiger partial charge >= 0.3 is 0 Å². The van der Waals surface area contributed by atoms with Crippen molar-refractivity contribution in [2.75, 3.05) is 25.9 Å². The monoisotopic (exact) mass is 444 g/mol. The first kappa shape index (κ1) is 22.2. The first-order chi connectivity index (χ1) is 14.8. The maximum absolute atomic E-state index is 12.5. The Kier molecular flexibility index (Phi) is 6.32. The molecule has 0 amide bonds. The van der Waals surface area contributed by atoms with Crippen LogP contribution < -0.4 is 4.74 Å². The second kappa shape index (κ2) is 8.84. The third kappa shape index (κ3) is 5.25. The Hall–Kier alpha value is -2.03. The number of likely N-dealkylation sites (tertiary alicyclic amines) is 1. The van der Waals surface area contributed by atoms with Crippen LogP contribution in [0.4, 0.5) is 0 Å². The van der Waals surface area contributed by atoms with Gasteiger partial charge in [0.25, 0.3) is 0 Å². The van der Waals surface area contributed by atoms with Gasteiger partial charge in [0.15, 0.2) is 0 Å². The molecule has 7 nitrogen and oxygen atoms in total. The van der Waals surface area contributed by atoms with Gasteiger partial charge in [-0.05, 0) is 19.4 Å². The molecule has 1 spiro atoms. The van der Waals surface area contributed by atoms with E-state index in [-0.39, 0.29) is 0 Å². The highest BCUT2D eigenvalue weighted by Crippen LogP contribution is 2.37. The molecule has 0 atom stereocenters. The van der Waals surface area contributed by atoms with Crippen LogP contribution >= 0.6 is 0 Å². The predicted molar refractivity (Wildman–Crippen MR) is 120 cm³/mol. The van der Waals surface area contributed by atoms with Crippen LogP contribution in [0.5, 0.6) is 5.75 Å². The summed E-state index contributed by atoms with van der Waals surface area (Å²) < 4.78 is 33.1. The van der Waals surface area contributed by atoms with E-state index in [1.807, 2.05) is 37.5 Å². The quantitative estimate of drug-likeness (QED) is 0.706. The molecule has 31 heavy (non-hydrogen) atoms. The molecule has 2 aliphatic heterocycles. The molecule has 0 radical (unpaired) electrons. The Morgan fingerprint density at radius 1 is 1.16 bits per heavy atom. The van der Waals surface area contributed by atoms with Crippen molar-refractivity contribution in [3.05, 3.63) is 53.1 Å². The van der Waals surface area contributed by atoms with Gasteiger partial charge in [-0.3, -0.25) is 4.90 Å². The van der Waals surface area contributed by atoms with Gasteiger partial charge in [0.1, 0.15) is 17.2 Å². The highest BCUT2D eigenvalue weighted by molar-refractivity contribution is 7.88. The summed E-state index contributed by atoms with van der Waals surface area (Å²) in [6, 6.07) is 6.05. The van der Waals surface area contributed by atoms with E-state index < -0.39 is 15.6 Å². The zero-order chi connectivity index (χ0) is 22.1. The van der Waals surface area contributed by atoms with Crippen LogP contribution in [-0.2, 0) is 29.5 Å².